The van der Waals surface area contributed by atoms with E-state index < -0.39 is 0 Å². The second kappa shape index (κ2) is 10.5. The van der Waals surface area contributed by atoms with Gasteiger partial charge in [0.1, 0.15) is 12.4 Å². The maximum Gasteiger partial charge on any atom is 0.191 e. The highest BCUT2D eigenvalue weighted by Crippen LogP contribution is 2.17. The molecule has 1 aromatic heterocycles. The SMILES string of the molecule is Cc1nnc(CN=C(NCCc2ccccc2)NC2CCCC2)n1C.I. The molecule has 0 saturated heterocycles. The van der Waals surface area contributed by atoms with Crippen molar-refractivity contribution in [2.45, 2.75) is 51.6 Å². The number of hydrogen-bond donors (Lipinski definition) is 2. The maximum atomic E-state index is 4.73. The van der Waals surface area contributed by atoms with E-state index in [1.807, 2.05) is 24.6 Å². The fraction of sp³-hybridized carbons (Fsp3) is 0.526. The molecule has 0 amide bonds. The van der Waals surface area contributed by atoms with Crippen molar-refractivity contribution in [3.05, 3.63) is 47.5 Å². The molecule has 2 aromatic rings. The Morgan fingerprint density at radius 2 is 1.92 bits per heavy atom. The first-order valence-corrected chi connectivity index (χ1v) is 9.16. The summed E-state index contributed by atoms with van der Waals surface area (Å²) < 4.78 is 1.99. The van der Waals surface area contributed by atoms with E-state index in [2.05, 4.69) is 45.1 Å². The molecule has 0 spiro atoms. The molecule has 3 rings (SSSR count). The summed E-state index contributed by atoms with van der Waals surface area (Å²) in [5.74, 6) is 2.67. The van der Waals surface area contributed by atoms with Gasteiger partial charge >= 0.3 is 0 Å². The predicted octanol–water partition coefficient (Wildman–Crippen LogP) is 2.96. The van der Waals surface area contributed by atoms with Crippen LogP contribution in [0.3, 0.4) is 0 Å². The zero-order valence-electron chi connectivity index (χ0n) is 15.6. The molecule has 0 unspecified atom stereocenters. The third-order valence-corrected chi connectivity index (χ3v) is 4.81. The minimum Gasteiger partial charge on any atom is -0.356 e. The molecule has 0 aliphatic heterocycles. The Balaban J connectivity index is 0.00000243. The van der Waals surface area contributed by atoms with E-state index in [0.29, 0.717) is 12.6 Å². The quantitative estimate of drug-likeness (QED) is 0.389. The van der Waals surface area contributed by atoms with Crippen molar-refractivity contribution in [3.63, 3.8) is 0 Å². The summed E-state index contributed by atoms with van der Waals surface area (Å²) in [4.78, 5) is 4.73. The fourth-order valence-electron chi connectivity index (χ4n) is 3.12. The van der Waals surface area contributed by atoms with Crippen molar-refractivity contribution in [2.75, 3.05) is 6.54 Å². The Labute approximate surface area is 172 Å². The molecule has 1 aliphatic carbocycles. The molecule has 7 heteroatoms. The largest absolute Gasteiger partial charge is 0.356 e. The molecule has 1 aliphatic rings. The van der Waals surface area contributed by atoms with Gasteiger partial charge in [-0.15, -0.1) is 34.2 Å². The molecule has 1 heterocycles. The normalized spacial score (nSPS) is 14.9. The van der Waals surface area contributed by atoms with Crippen molar-refractivity contribution in [3.8, 4) is 0 Å². The topological polar surface area (TPSA) is 67.1 Å². The molecular weight excluding hydrogens is 439 g/mol. The van der Waals surface area contributed by atoms with Gasteiger partial charge in [0.05, 0.1) is 0 Å². The average Bonchev–Trinajstić information content (AvgIpc) is 3.25. The van der Waals surface area contributed by atoms with E-state index in [9.17, 15) is 0 Å². The van der Waals surface area contributed by atoms with Gasteiger partial charge in [0.25, 0.3) is 0 Å². The molecule has 2 N–H and O–H groups in total. The van der Waals surface area contributed by atoms with Crippen molar-refractivity contribution in [1.29, 1.82) is 0 Å². The number of nitrogens with zero attached hydrogens (tertiary/aromatic N) is 4. The molecular formula is C19H29IN6. The molecule has 26 heavy (non-hydrogen) atoms. The summed E-state index contributed by atoms with van der Waals surface area (Å²) in [7, 11) is 1.98. The van der Waals surface area contributed by atoms with Crippen LogP contribution < -0.4 is 10.6 Å². The van der Waals surface area contributed by atoms with Gasteiger partial charge in [-0.05, 0) is 31.7 Å². The number of nitrogens with one attached hydrogen (secondary N) is 2. The Morgan fingerprint density at radius 1 is 1.19 bits per heavy atom. The van der Waals surface area contributed by atoms with Crippen molar-refractivity contribution in [1.82, 2.24) is 25.4 Å². The lowest BCUT2D eigenvalue weighted by Crippen LogP contribution is -2.43. The summed E-state index contributed by atoms with van der Waals surface area (Å²) in [6.07, 6.45) is 6.04. The highest BCUT2D eigenvalue weighted by Gasteiger charge is 2.16. The zero-order chi connectivity index (χ0) is 17.5. The van der Waals surface area contributed by atoms with Crippen LogP contribution in [0.1, 0.15) is 42.9 Å². The van der Waals surface area contributed by atoms with Crippen LogP contribution in [0, 0.1) is 6.92 Å². The van der Waals surface area contributed by atoms with Crippen LogP contribution in [0.2, 0.25) is 0 Å². The molecule has 142 valence electrons. The highest BCUT2D eigenvalue weighted by atomic mass is 127. The van der Waals surface area contributed by atoms with Crippen LogP contribution in [0.25, 0.3) is 0 Å². The summed E-state index contributed by atoms with van der Waals surface area (Å²) in [5.41, 5.74) is 1.33. The lowest BCUT2D eigenvalue weighted by Gasteiger charge is -2.17. The van der Waals surface area contributed by atoms with Crippen LogP contribution in [-0.2, 0) is 20.0 Å². The van der Waals surface area contributed by atoms with Crippen LogP contribution in [0.4, 0.5) is 0 Å². The van der Waals surface area contributed by atoms with Crippen molar-refractivity contribution >= 4 is 29.9 Å². The van der Waals surface area contributed by atoms with E-state index in [0.717, 1.165) is 30.6 Å². The minimum absolute atomic E-state index is 0. The van der Waals surface area contributed by atoms with E-state index in [-0.39, 0.29) is 24.0 Å². The van der Waals surface area contributed by atoms with E-state index in [4.69, 9.17) is 4.99 Å². The molecule has 1 aromatic carbocycles. The van der Waals surface area contributed by atoms with Crippen LogP contribution in [-0.4, -0.2) is 33.3 Å². The zero-order valence-corrected chi connectivity index (χ0v) is 17.9. The molecule has 1 fully saturated rings. The first kappa shape index (κ1) is 20.7. The van der Waals surface area contributed by atoms with Gasteiger partial charge in [-0.1, -0.05) is 43.2 Å². The first-order chi connectivity index (χ1) is 12.2. The molecule has 1 saturated carbocycles. The second-order valence-corrected chi connectivity index (χ2v) is 6.68. The van der Waals surface area contributed by atoms with Gasteiger partial charge in [0.2, 0.25) is 0 Å². The van der Waals surface area contributed by atoms with Crippen LogP contribution >= 0.6 is 24.0 Å². The third-order valence-electron chi connectivity index (χ3n) is 4.81. The summed E-state index contributed by atoms with van der Waals surface area (Å²) in [6.45, 7) is 3.35. The van der Waals surface area contributed by atoms with E-state index in [1.54, 1.807) is 0 Å². The second-order valence-electron chi connectivity index (χ2n) is 6.68. The number of benzene rings is 1. The maximum absolute atomic E-state index is 4.73. The van der Waals surface area contributed by atoms with Gasteiger partial charge in [-0.2, -0.15) is 0 Å². The standard InChI is InChI=1S/C19H28N6.HI/c1-15-23-24-18(25(15)2)14-21-19(22-17-10-6-7-11-17)20-13-12-16-8-4-3-5-9-16;/h3-5,8-9,17H,6-7,10-14H2,1-2H3,(H2,20,21,22);1H. The minimum atomic E-state index is 0. The molecule has 0 radical (unpaired) electrons. The van der Waals surface area contributed by atoms with Crippen molar-refractivity contribution < 1.29 is 0 Å². The number of halogens is 1. The lowest BCUT2D eigenvalue weighted by atomic mass is 10.1. The number of rotatable bonds is 6. The Bertz CT molecular complexity index is 691. The number of guanidine groups is 1. The van der Waals surface area contributed by atoms with Crippen LogP contribution in [0.5, 0.6) is 0 Å². The number of aryl methyl sites for hydroxylation is 1. The smallest absolute Gasteiger partial charge is 0.191 e. The third kappa shape index (κ3) is 5.96. The lowest BCUT2D eigenvalue weighted by molar-refractivity contribution is 0.610. The van der Waals surface area contributed by atoms with Gasteiger partial charge in [0.15, 0.2) is 11.8 Å². The summed E-state index contributed by atoms with van der Waals surface area (Å²) >= 11 is 0. The average molecular weight is 468 g/mol. The molecule has 0 bridgehead atoms. The van der Waals surface area contributed by atoms with E-state index >= 15 is 0 Å². The van der Waals surface area contributed by atoms with Gasteiger partial charge < -0.3 is 15.2 Å². The Hall–Kier alpha value is -1.64. The van der Waals surface area contributed by atoms with Gasteiger partial charge in [-0.3, -0.25) is 0 Å². The Morgan fingerprint density at radius 3 is 2.58 bits per heavy atom. The predicted molar refractivity (Wildman–Crippen MR) is 116 cm³/mol. The van der Waals surface area contributed by atoms with Crippen molar-refractivity contribution in [2.24, 2.45) is 12.0 Å². The Kier molecular flexibility index (Phi) is 8.34. The first-order valence-electron chi connectivity index (χ1n) is 9.16. The number of aliphatic imine (C=N–C) groups is 1. The highest BCUT2D eigenvalue weighted by molar-refractivity contribution is 14.0. The van der Waals surface area contributed by atoms with Crippen LogP contribution in [0.15, 0.2) is 35.3 Å². The van der Waals surface area contributed by atoms with E-state index in [1.165, 1.54) is 31.2 Å². The number of hydrogen-bond acceptors (Lipinski definition) is 3. The molecule has 6 nitrogen and oxygen atoms in total. The van der Waals surface area contributed by atoms with Gasteiger partial charge in [0, 0.05) is 19.6 Å². The summed E-state index contributed by atoms with van der Waals surface area (Å²) in [5, 5.41) is 15.4. The summed E-state index contributed by atoms with van der Waals surface area (Å²) in [6, 6.07) is 11.1. The monoisotopic (exact) mass is 468 g/mol. The molecule has 0 atom stereocenters. The number of aromatic nitrogens is 3. The fourth-order valence-corrected chi connectivity index (χ4v) is 3.12. The van der Waals surface area contributed by atoms with Gasteiger partial charge in [-0.25, -0.2) is 4.99 Å².